The van der Waals surface area contributed by atoms with Crippen LogP contribution < -0.4 is 5.32 Å². The molecule has 0 radical (unpaired) electrons. The third-order valence-electron chi connectivity index (χ3n) is 5.10. The zero-order valence-corrected chi connectivity index (χ0v) is 16.3. The molecule has 146 valence electrons. The number of carbonyl (C=O) groups is 1. The largest absolute Gasteiger partial charge is 0.444 e. The van der Waals surface area contributed by atoms with Gasteiger partial charge in [-0.2, -0.15) is 0 Å². The normalized spacial score (nSPS) is 25.0. The van der Waals surface area contributed by atoms with Crippen molar-refractivity contribution in [2.75, 3.05) is 26.3 Å². The Labute approximate surface area is 152 Å². The topological polar surface area (TPSA) is 71.0 Å². The van der Waals surface area contributed by atoms with E-state index in [4.69, 9.17) is 9.47 Å². The Balaban J connectivity index is 1.80. The molecule has 1 heterocycles. The minimum atomic E-state index is -0.491. The lowest BCUT2D eigenvalue weighted by atomic mass is 10.00. The maximum atomic E-state index is 12.4. The van der Waals surface area contributed by atoms with Crippen LogP contribution in [0.2, 0.25) is 0 Å². The lowest BCUT2D eigenvalue weighted by molar-refractivity contribution is -0.0358. The highest BCUT2D eigenvalue weighted by Crippen LogP contribution is 2.27. The smallest absolute Gasteiger partial charge is 0.410 e. The quantitative estimate of drug-likeness (QED) is 0.765. The number of morpholine rings is 1. The maximum absolute atomic E-state index is 12.4. The Bertz CT molecular complexity index is 418. The summed E-state index contributed by atoms with van der Waals surface area (Å²) < 4.78 is 11.1. The number of rotatable bonds is 6. The predicted molar refractivity (Wildman–Crippen MR) is 97.6 cm³/mol. The number of carbonyl (C=O) groups excluding carboxylic acids is 1. The van der Waals surface area contributed by atoms with Gasteiger partial charge in [0, 0.05) is 19.1 Å². The first-order valence-electron chi connectivity index (χ1n) is 9.75. The van der Waals surface area contributed by atoms with E-state index in [0.717, 1.165) is 19.3 Å². The lowest BCUT2D eigenvalue weighted by Crippen LogP contribution is -2.52. The Morgan fingerprint density at radius 3 is 2.68 bits per heavy atom. The zero-order chi connectivity index (χ0) is 18.4. The Morgan fingerprint density at radius 1 is 1.36 bits per heavy atom. The summed E-state index contributed by atoms with van der Waals surface area (Å²) in [6.45, 7) is 10.0. The van der Waals surface area contributed by atoms with Gasteiger partial charge in [-0.05, 0) is 52.9 Å². The van der Waals surface area contributed by atoms with Gasteiger partial charge >= 0.3 is 6.09 Å². The van der Waals surface area contributed by atoms with Crippen molar-refractivity contribution >= 4 is 6.09 Å². The molecule has 6 heteroatoms. The van der Waals surface area contributed by atoms with Crippen LogP contribution in [0.25, 0.3) is 0 Å². The first-order valence-corrected chi connectivity index (χ1v) is 9.75. The van der Waals surface area contributed by atoms with Crippen molar-refractivity contribution in [1.82, 2.24) is 10.2 Å². The van der Waals surface area contributed by atoms with E-state index in [1.165, 1.54) is 12.8 Å². The molecule has 25 heavy (non-hydrogen) atoms. The van der Waals surface area contributed by atoms with Gasteiger partial charge in [0.2, 0.25) is 0 Å². The van der Waals surface area contributed by atoms with E-state index in [-0.39, 0.29) is 24.3 Å². The monoisotopic (exact) mass is 356 g/mol. The van der Waals surface area contributed by atoms with E-state index in [1.807, 2.05) is 20.8 Å². The molecule has 1 saturated carbocycles. The van der Waals surface area contributed by atoms with E-state index in [9.17, 15) is 9.90 Å². The van der Waals surface area contributed by atoms with Gasteiger partial charge in [-0.3, -0.25) is 0 Å². The SMILES string of the molecule is C[C@H](C[C@@H]1COCCN1C(=O)OC(C)(C)C)NC[C@H](O)C1CCCC1. The standard InChI is InChI=1S/C19H36N2O4/c1-14(20-12-17(22)15-7-5-6-8-15)11-16-13-24-10-9-21(16)18(23)25-19(2,3)4/h14-17,20,22H,5-13H2,1-4H3/t14-,16-,17+/m1/s1. The Morgan fingerprint density at radius 2 is 2.04 bits per heavy atom. The molecular formula is C19H36N2O4. The van der Waals surface area contributed by atoms with E-state index < -0.39 is 5.60 Å². The molecule has 3 atom stereocenters. The third-order valence-corrected chi connectivity index (χ3v) is 5.10. The van der Waals surface area contributed by atoms with Crippen LogP contribution in [0, 0.1) is 5.92 Å². The van der Waals surface area contributed by atoms with Crippen LogP contribution in [0.3, 0.4) is 0 Å². The van der Waals surface area contributed by atoms with Gasteiger partial charge in [0.15, 0.2) is 0 Å². The van der Waals surface area contributed by atoms with Crippen LogP contribution in [0.15, 0.2) is 0 Å². The molecule has 1 aliphatic heterocycles. The number of ether oxygens (including phenoxy) is 2. The van der Waals surface area contributed by atoms with Crippen LogP contribution in [-0.2, 0) is 9.47 Å². The minimum absolute atomic E-state index is 0.00900. The number of nitrogens with one attached hydrogen (secondary N) is 1. The van der Waals surface area contributed by atoms with Crippen LogP contribution in [-0.4, -0.2) is 66.2 Å². The van der Waals surface area contributed by atoms with E-state index >= 15 is 0 Å². The van der Waals surface area contributed by atoms with Crippen molar-refractivity contribution in [3.63, 3.8) is 0 Å². The van der Waals surface area contributed by atoms with Crippen molar-refractivity contribution < 1.29 is 19.4 Å². The Hall–Kier alpha value is -0.850. The predicted octanol–water partition coefficient (Wildman–Crippen LogP) is 2.54. The number of amides is 1. The number of hydrogen-bond donors (Lipinski definition) is 2. The van der Waals surface area contributed by atoms with Crippen molar-refractivity contribution in [2.24, 2.45) is 5.92 Å². The molecule has 0 aromatic rings. The highest BCUT2D eigenvalue weighted by molar-refractivity contribution is 5.68. The average molecular weight is 357 g/mol. The van der Waals surface area contributed by atoms with Crippen molar-refractivity contribution in [3.05, 3.63) is 0 Å². The van der Waals surface area contributed by atoms with Crippen molar-refractivity contribution in [3.8, 4) is 0 Å². The highest BCUT2D eigenvalue weighted by atomic mass is 16.6. The van der Waals surface area contributed by atoms with Gasteiger partial charge in [-0.25, -0.2) is 4.79 Å². The molecule has 0 aromatic heterocycles. The molecule has 1 aliphatic carbocycles. The zero-order valence-electron chi connectivity index (χ0n) is 16.3. The molecule has 2 rings (SSSR count). The minimum Gasteiger partial charge on any atom is -0.444 e. The second kappa shape index (κ2) is 9.19. The molecule has 0 bridgehead atoms. The molecule has 2 aliphatic rings. The Kier molecular flexibility index (Phi) is 7.52. The second-order valence-corrected chi connectivity index (χ2v) is 8.56. The average Bonchev–Trinajstić information content (AvgIpc) is 3.06. The van der Waals surface area contributed by atoms with Gasteiger partial charge in [0.05, 0.1) is 25.4 Å². The van der Waals surface area contributed by atoms with Crippen LogP contribution in [0.5, 0.6) is 0 Å². The lowest BCUT2D eigenvalue weighted by Gasteiger charge is -2.38. The van der Waals surface area contributed by atoms with Gasteiger partial charge in [-0.15, -0.1) is 0 Å². The summed E-state index contributed by atoms with van der Waals surface area (Å²) in [7, 11) is 0. The third kappa shape index (κ3) is 6.76. The fourth-order valence-electron chi connectivity index (χ4n) is 3.73. The van der Waals surface area contributed by atoms with Crippen molar-refractivity contribution in [2.45, 2.75) is 83.6 Å². The summed E-state index contributed by atoms with van der Waals surface area (Å²) in [5.41, 5.74) is -0.491. The van der Waals surface area contributed by atoms with Crippen LogP contribution >= 0.6 is 0 Å². The maximum Gasteiger partial charge on any atom is 0.410 e. The van der Waals surface area contributed by atoms with Crippen LogP contribution in [0.1, 0.15) is 59.8 Å². The number of aliphatic hydroxyl groups excluding tert-OH is 1. The molecule has 0 aromatic carbocycles. The first-order chi connectivity index (χ1) is 11.8. The van der Waals surface area contributed by atoms with Gasteiger partial charge < -0.3 is 24.8 Å². The summed E-state index contributed by atoms with van der Waals surface area (Å²) in [5, 5.41) is 13.7. The molecule has 2 N–H and O–H groups in total. The summed E-state index contributed by atoms with van der Waals surface area (Å²) in [4.78, 5) is 14.2. The molecule has 0 unspecified atom stereocenters. The van der Waals surface area contributed by atoms with Gasteiger partial charge in [-0.1, -0.05) is 12.8 Å². The number of aliphatic hydroxyl groups is 1. The first kappa shape index (κ1) is 20.5. The molecular weight excluding hydrogens is 320 g/mol. The van der Waals surface area contributed by atoms with E-state index in [2.05, 4.69) is 12.2 Å². The molecule has 0 spiro atoms. The molecule has 6 nitrogen and oxygen atoms in total. The summed E-state index contributed by atoms with van der Waals surface area (Å²) >= 11 is 0. The summed E-state index contributed by atoms with van der Waals surface area (Å²) in [5.74, 6) is 0.441. The second-order valence-electron chi connectivity index (χ2n) is 8.56. The van der Waals surface area contributed by atoms with Crippen molar-refractivity contribution in [1.29, 1.82) is 0 Å². The van der Waals surface area contributed by atoms with E-state index in [0.29, 0.717) is 32.2 Å². The van der Waals surface area contributed by atoms with E-state index in [1.54, 1.807) is 4.90 Å². The molecule has 1 amide bonds. The molecule has 2 fully saturated rings. The van der Waals surface area contributed by atoms with Crippen LogP contribution in [0.4, 0.5) is 4.79 Å². The van der Waals surface area contributed by atoms with Gasteiger partial charge in [0.1, 0.15) is 5.60 Å². The summed E-state index contributed by atoms with van der Waals surface area (Å²) in [6, 6.07) is 0.211. The fraction of sp³-hybridized carbons (Fsp3) is 0.947. The fourth-order valence-corrected chi connectivity index (χ4v) is 3.73. The molecule has 1 saturated heterocycles. The highest BCUT2D eigenvalue weighted by Gasteiger charge is 2.32. The summed E-state index contributed by atoms with van der Waals surface area (Å²) in [6.07, 6.45) is 5.01. The number of hydrogen-bond acceptors (Lipinski definition) is 5. The number of nitrogens with zero attached hydrogens (tertiary/aromatic N) is 1. The van der Waals surface area contributed by atoms with Gasteiger partial charge in [0.25, 0.3) is 0 Å².